The molecule has 2 aromatic heterocycles. The van der Waals surface area contributed by atoms with E-state index in [-0.39, 0.29) is 24.5 Å². The van der Waals surface area contributed by atoms with Crippen molar-refractivity contribution < 1.29 is 0 Å². The molecule has 0 saturated heterocycles. The molecule has 5 rings (SSSR count). The summed E-state index contributed by atoms with van der Waals surface area (Å²) in [7, 11) is 0. The van der Waals surface area contributed by atoms with Gasteiger partial charge in [-0.15, -0.1) is 12.4 Å². The van der Waals surface area contributed by atoms with Gasteiger partial charge < -0.3 is 20.9 Å². The highest BCUT2D eigenvalue weighted by Crippen LogP contribution is 2.29. The normalized spacial score (nSPS) is 18.6. The van der Waals surface area contributed by atoms with Crippen molar-refractivity contribution in [2.45, 2.75) is 70.6 Å². The maximum absolute atomic E-state index is 6.10. The second-order valence-corrected chi connectivity index (χ2v) is 9.92. The van der Waals surface area contributed by atoms with Gasteiger partial charge in [0.2, 0.25) is 5.95 Å². The van der Waals surface area contributed by atoms with Crippen molar-refractivity contribution in [1.29, 1.82) is 0 Å². The highest BCUT2D eigenvalue weighted by atomic mass is 35.5. The van der Waals surface area contributed by atoms with Gasteiger partial charge in [0.05, 0.1) is 12.4 Å². The number of benzene rings is 2. The van der Waals surface area contributed by atoms with Crippen LogP contribution in [0, 0.1) is 0 Å². The Hall–Kier alpha value is -3.16. The zero-order chi connectivity index (χ0) is 24.4. The van der Waals surface area contributed by atoms with Crippen LogP contribution in [0.2, 0.25) is 0 Å². The van der Waals surface area contributed by atoms with E-state index in [2.05, 4.69) is 89.5 Å². The Labute approximate surface area is 219 Å². The minimum absolute atomic E-state index is 0. The molecule has 1 saturated carbocycles. The van der Waals surface area contributed by atoms with Crippen LogP contribution < -0.4 is 16.4 Å². The van der Waals surface area contributed by atoms with E-state index >= 15 is 0 Å². The lowest BCUT2D eigenvalue weighted by atomic mass is 9.92. The topological polar surface area (TPSA) is 93.7 Å². The highest BCUT2D eigenvalue weighted by Gasteiger charge is 2.22. The van der Waals surface area contributed by atoms with E-state index in [1.165, 1.54) is 16.7 Å². The van der Waals surface area contributed by atoms with E-state index in [1.54, 1.807) is 0 Å². The smallest absolute Gasteiger partial charge is 0.227 e. The fourth-order valence-electron chi connectivity index (χ4n) is 4.79. The van der Waals surface area contributed by atoms with Gasteiger partial charge in [0, 0.05) is 18.1 Å². The SMILES string of the molecule is CC(Nc1nc(NC2CCC(N)CC2)nc2c1ncn2C(C)C)c1ccc(-c2ccccc2)cc1.Cl. The van der Waals surface area contributed by atoms with Gasteiger partial charge in [-0.25, -0.2) is 4.98 Å². The fourth-order valence-corrected chi connectivity index (χ4v) is 4.79. The highest BCUT2D eigenvalue weighted by molar-refractivity contribution is 5.85. The summed E-state index contributed by atoms with van der Waals surface area (Å²) in [6.07, 6.45) is 6.01. The van der Waals surface area contributed by atoms with E-state index in [9.17, 15) is 0 Å². The third kappa shape index (κ3) is 5.63. The molecule has 4 N–H and O–H groups in total. The largest absolute Gasteiger partial charge is 0.362 e. The summed E-state index contributed by atoms with van der Waals surface area (Å²) in [4.78, 5) is 14.4. The monoisotopic (exact) mass is 505 g/mol. The van der Waals surface area contributed by atoms with Crippen LogP contribution in [0.15, 0.2) is 60.9 Å². The van der Waals surface area contributed by atoms with Crippen LogP contribution in [0.5, 0.6) is 0 Å². The number of nitrogens with zero attached hydrogens (tertiary/aromatic N) is 4. The first-order valence-electron chi connectivity index (χ1n) is 12.7. The first kappa shape index (κ1) is 25.9. The number of nitrogens with one attached hydrogen (secondary N) is 2. The summed E-state index contributed by atoms with van der Waals surface area (Å²) in [5, 5.41) is 7.18. The third-order valence-electron chi connectivity index (χ3n) is 6.95. The number of nitrogens with two attached hydrogens (primary N) is 1. The Kier molecular flexibility index (Phi) is 8.11. The predicted molar refractivity (Wildman–Crippen MR) is 151 cm³/mol. The zero-order valence-corrected chi connectivity index (χ0v) is 22.0. The predicted octanol–water partition coefficient (Wildman–Crippen LogP) is 6.35. The molecule has 2 aromatic carbocycles. The molecule has 7 nitrogen and oxygen atoms in total. The minimum Gasteiger partial charge on any atom is -0.362 e. The van der Waals surface area contributed by atoms with Crippen molar-refractivity contribution in [2.75, 3.05) is 10.6 Å². The number of halogens is 1. The molecule has 190 valence electrons. The average Bonchev–Trinajstić information content (AvgIpc) is 3.31. The van der Waals surface area contributed by atoms with Crippen LogP contribution in [0.4, 0.5) is 11.8 Å². The van der Waals surface area contributed by atoms with E-state index in [4.69, 9.17) is 15.7 Å². The van der Waals surface area contributed by atoms with Gasteiger partial charge in [0.25, 0.3) is 0 Å². The lowest BCUT2D eigenvalue weighted by Crippen LogP contribution is -2.33. The van der Waals surface area contributed by atoms with Gasteiger partial charge in [-0.05, 0) is 63.1 Å². The Bertz CT molecular complexity index is 1260. The van der Waals surface area contributed by atoms with Crippen molar-refractivity contribution in [3.8, 4) is 11.1 Å². The van der Waals surface area contributed by atoms with Gasteiger partial charge in [-0.3, -0.25) is 0 Å². The molecule has 36 heavy (non-hydrogen) atoms. The van der Waals surface area contributed by atoms with Gasteiger partial charge in [-0.1, -0.05) is 54.6 Å². The molecular formula is C28H36ClN7. The zero-order valence-electron chi connectivity index (χ0n) is 21.2. The molecule has 1 unspecified atom stereocenters. The van der Waals surface area contributed by atoms with Gasteiger partial charge in [0.15, 0.2) is 17.0 Å². The molecule has 1 atom stereocenters. The van der Waals surface area contributed by atoms with Crippen LogP contribution in [0.3, 0.4) is 0 Å². The summed E-state index contributed by atoms with van der Waals surface area (Å²) in [5.41, 5.74) is 11.4. The fraction of sp³-hybridized carbons (Fsp3) is 0.393. The van der Waals surface area contributed by atoms with Gasteiger partial charge >= 0.3 is 0 Å². The average molecular weight is 506 g/mol. The van der Waals surface area contributed by atoms with Crippen molar-refractivity contribution in [3.05, 3.63) is 66.5 Å². The number of anilines is 2. The number of rotatable bonds is 7. The van der Waals surface area contributed by atoms with E-state index < -0.39 is 0 Å². The summed E-state index contributed by atoms with van der Waals surface area (Å²) in [6.45, 7) is 6.44. The van der Waals surface area contributed by atoms with E-state index in [1.807, 2.05) is 12.4 Å². The molecule has 0 spiro atoms. The maximum atomic E-state index is 6.10. The summed E-state index contributed by atoms with van der Waals surface area (Å²) in [6, 6.07) is 20.1. The van der Waals surface area contributed by atoms with Crippen LogP contribution in [0.25, 0.3) is 22.3 Å². The number of imidazole rings is 1. The molecule has 1 aliphatic carbocycles. The number of hydrogen-bond acceptors (Lipinski definition) is 6. The Morgan fingerprint density at radius 1 is 0.889 bits per heavy atom. The quantitative estimate of drug-likeness (QED) is 0.271. The van der Waals surface area contributed by atoms with Crippen LogP contribution in [-0.2, 0) is 0 Å². The van der Waals surface area contributed by atoms with E-state index in [0.29, 0.717) is 18.0 Å². The molecule has 0 aliphatic heterocycles. The minimum atomic E-state index is 0. The number of fused-ring (bicyclic) bond motifs is 1. The standard InChI is InChI=1S/C28H35N7.ClH/c1-18(2)35-17-30-25-26(33-28(34-27(25)35)32-24-15-13-23(29)14-16-24)31-19(3)20-9-11-22(12-10-20)21-7-5-4-6-8-21;/h4-12,17-19,23-24H,13-16,29H2,1-3H3,(H2,31,32,33,34);1H. The molecule has 1 fully saturated rings. The second kappa shape index (κ2) is 11.3. The first-order chi connectivity index (χ1) is 17.0. The number of aromatic nitrogens is 4. The lowest BCUT2D eigenvalue weighted by Gasteiger charge is -2.27. The molecule has 8 heteroatoms. The van der Waals surface area contributed by atoms with Crippen molar-refractivity contribution in [3.63, 3.8) is 0 Å². The molecule has 4 aromatic rings. The summed E-state index contributed by atoms with van der Waals surface area (Å²) in [5.74, 6) is 1.40. The van der Waals surface area contributed by atoms with Crippen LogP contribution in [-0.4, -0.2) is 31.6 Å². The van der Waals surface area contributed by atoms with E-state index in [0.717, 1.165) is 42.7 Å². The van der Waals surface area contributed by atoms with Crippen molar-refractivity contribution in [2.24, 2.45) is 5.73 Å². The maximum Gasteiger partial charge on any atom is 0.227 e. The molecule has 0 bridgehead atoms. The Morgan fingerprint density at radius 2 is 1.56 bits per heavy atom. The van der Waals surface area contributed by atoms with Crippen LogP contribution in [0.1, 0.15) is 64.1 Å². The second-order valence-electron chi connectivity index (χ2n) is 9.92. The molecule has 0 amide bonds. The first-order valence-corrected chi connectivity index (χ1v) is 12.7. The van der Waals surface area contributed by atoms with Gasteiger partial charge in [0.1, 0.15) is 0 Å². The Balaban J connectivity index is 0.00000304. The molecular weight excluding hydrogens is 470 g/mol. The number of hydrogen-bond donors (Lipinski definition) is 3. The third-order valence-corrected chi connectivity index (χ3v) is 6.95. The van der Waals surface area contributed by atoms with Crippen LogP contribution >= 0.6 is 12.4 Å². The molecule has 1 aliphatic rings. The van der Waals surface area contributed by atoms with Crippen molar-refractivity contribution >= 4 is 35.3 Å². The van der Waals surface area contributed by atoms with Crippen molar-refractivity contribution in [1.82, 2.24) is 19.5 Å². The lowest BCUT2D eigenvalue weighted by molar-refractivity contribution is 0.410. The molecule has 2 heterocycles. The molecule has 0 radical (unpaired) electrons. The van der Waals surface area contributed by atoms with Gasteiger partial charge in [-0.2, -0.15) is 9.97 Å². The summed E-state index contributed by atoms with van der Waals surface area (Å²) >= 11 is 0. The Morgan fingerprint density at radius 3 is 2.22 bits per heavy atom. The summed E-state index contributed by atoms with van der Waals surface area (Å²) < 4.78 is 2.10.